The Balaban J connectivity index is 2.44. The van der Waals surface area contributed by atoms with E-state index in [-0.39, 0.29) is 5.82 Å². The van der Waals surface area contributed by atoms with Gasteiger partial charge in [-0.3, -0.25) is 0 Å². The van der Waals surface area contributed by atoms with Crippen molar-refractivity contribution in [2.24, 2.45) is 0 Å². The van der Waals surface area contributed by atoms with Gasteiger partial charge in [-0.05, 0) is 17.7 Å². The third-order valence-corrected chi connectivity index (χ3v) is 3.33. The second-order valence-corrected chi connectivity index (χ2v) is 4.27. The van der Waals surface area contributed by atoms with Crippen LogP contribution < -0.4 is 5.73 Å². The van der Waals surface area contributed by atoms with Crippen LogP contribution in [0.5, 0.6) is 0 Å². The molecule has 0 aliphatic rings. The fourth-order valence-electron chi connectivity index (χ4n) is 1.47. The Bertz CT molecular complexity index is 548. The maximum Gasteiger partial charge on any atom is 0.350 e. The molecule has 0 saturated carbocycles. The number of ether oxygens (including phenoxy) is 1. The summed E-state index contributed by atoms with van der Waals surface area (Å²) in [6.45, 7) is 0. The van der Waals surface area contributed by atoms with Crippen molar-refractivity contribution in [3.8, 4) is 11.1 Å². The number of carbonyl (C=O) groups excluding carboxylic acids is 1. The van der Waals surface area contributed by atoms with Crippen LogP contribution in [0, 0.1) is 5.82 Å². The molecule has 0 aliphatic heterocycles. The van der Waals surface area contributed by atoms with Crippen LogP contribution in [0.4, 0.5) is 10.1 Å². The lowest BCUT2D eigenvalue weighted by molar-refractivity contribution is 0.0607. The highest BCUT2D eigenvalue weighted by Crippen LogP contribution is 2.34. The summed E-state index contributed by atoms with van der Waals surface area (Å²) >= 11 is 1.21. The number of benzene rings is 1. The zero-order valence-corrected chi connectivity index (χ0v) is 9.88. The van der Waals surface area contributed by atoms with E-state index in [1.54, 1.807) is 17.5 Å². The molecule has 0 fully saturated rings. The van der Waals surface area contributed by atoms with Crippen LogP contribution in [0.15, 0.2) is 29.6 Å². The number of esters is 1. The van der Waals surface area contributed by atoms with Gasteiger partial charge in [0.15, 0.2) is 0 Å². The van der Waals surface area contributed by atoms with Crippen molar-refractivity contribution in [3.63, 3.8) is 0 Å². The molecule has 2 N–H and O–H groups in total. The van der Waals surface area contributed by atoms with Crippen molar-refractivity contribution >= 4 is 23.0 Å². The average molecular weight is 251 g/mol. The van der Waals surface area contributed by atoms with Crippen molar-refractivity contribution in [1.29, 1.82) is 0 Å². The monoisotopic (exact) mass is 251 g/mol. The van der Waals surface area contributed by atoms with E-state index in [0.29, 0.717) is 10.6 Å². The average Bonchev–Trinajstić information content (AvgIpc) is 2.71. The molecule has 0 radical (unpaired) electrons. The van der Waals surface area contributed by atoms with Crippen molar-refractivity contribution in [3.05, 3.63) is 40.3 Å². The highest BCUT2D eigenvalue weighted by molar-refractivity contribution is 7.13. The van der Waals surface area contributed by atoms with Gasteiger partial charge in [-0.25, -0.2) is 9.18 Å². The SMILES string of the molecule is COC(=O)c1scc(-c2ccc(F)cc2)c1N. The number of thiophene rings is 1. The van der Waals surface area contributed by atoms with E-state index in [1.165, 1.54) is 30.6 Å². The zero-order chi connectivity index (χ0) is 12.4. The fourth-order valence-corrected chi connectivity index (χ4v) is 2.39. The highest BCUT2D eigenvalue weighted by Gasteiger charge is 2.16. The third-order valence-electron chi connectivity index (χ3n) is 2.36. The summed E-state index contributed by atoms with van der Waals surface area (Å²) < 4.78 is 17.4. The Kier molecular flexibility index (Phi) is 3.10. The van der Waals surface area contributed by atoms with E-state index in [1.807, 2.05) is 0 Å². The topological polar surface area (TPSA) is 52.3 Å². The van der Waals surface area contributed by atoms with Crippen molar-refractivity contribution in [2.75, 3.05) is 12.8 Å². The molecule has 0 atom stereocenters. The number of hydrogen-bond acceptors (Lipinski definition) is 4. The Labute approximate surface area is 102 Å². The maximum atomic E-state index is 12.8. The molecule has 0 spiro atoms. The molecule has 88 valence electrons. The van der Waals surface area contributed by atoms with E-state index < -0.39 is 5.97 Å². The van der Waals surface area contributed by atoms with Gasteiger partial charge >= 0.3 is 5.97 Å². The number of hydrogen-bond donors (Lipinski definition) is 1. The molecule has 0 amide bonds. The predicted octanol–water partition coefficient (Wildman–Crippen LogP) is 2.92. The maximum absolute atomic E-state index is 12.8. The highest BCUT2D eigenvalue weighted by atomic mass is 32.1. The third kappa shape index (κ3) is 2.14. The molecule has 5 heteroatoms. The first-order valence-corrected chi connectivity index (χ1v) is 5.72. The van der Waals surface area contributed by atoms with E-state index in [0.717, 1.165) is 11.1 Å². The van der Waals surface area contributed by atoms with Crippen LogP contribution >= 0.6 is 11.3 Å². The van der Waals surface area contributed by atoms with E-state index in [4.69, 9.17) is 5.73 Å². The molecule has 17 heavy (non-hydrogen) atoms. The summed E-state index contributed by atoms with van der Waals surface area (Å²) in [5, 5.41) is 1.76. The molecule has 1 aromatic heterocycles. The number of rotatable bonds is 2. The van der Waals surface area contributed by atoms with E-state index in [9.17, 15) is 9.18 Å². The van der Waals surface area contributed by atoms with Crippen molar-refractivity contribution in [1.82, 2.24) is 0 Å². The number of halogens is 1. The van der Waals surface area contributed by atoms with Crippen LogP contribution in [0.25, 0.3) is 11.1 Å². The minimum Gasteiger partial charge on any atom is -0.465 e. The second kappa shape index (κ2) is 4.55. The lowest BCUT2D eigenvalue weighted by Gasteiger charge is -2.01. The molecule has 0 unspecified atom stereocenters. The van der Waals surface area contributed by atoms with E-state index in [2.05, 4.69) is 4.74 Å². The van der Waals surface area contributed by atoms with Crippen LogP contribution in [0.1, 0.15) is 9.67 Å². The summed E-state index contributed by atoms with van der Waals surface area (Å²) in [5.74, 6) is -0.767. The van der Waals surface area contributed by atoms with Crippen molar-refractivity contribution < 1.29 is 13.9 Å². The van der Waals surface area contributed by atoms with Crippen LogP contribution in [0.2, 0.25) is 0 Å². The Morgan fingerprint density at radius 3 is 2.59 bits per heavy atom. The summed E-state index contributed by atoms with van der Waals surface area (Å²) in [5.41, 5.74) is 7.73. The number of methoxy groups -OCH3 is 1. The molecule has 2 rings (SSSR count). The van der Waals surface area contributed by atoms with Crippen LogP contribution in [0.3, 0.4) is 0 Å². The largest absolute Gasteiger partial charge is 0.465 e. The number of carbonyl (C=O) groups is 1. The Hall–Kier alpha value is -1.88. The van der Waals surface area contributed by atoms with Gasteiger partial charge in [-0.1, -0.05) is 12.1 Å². The molecular formula is C12H10FNO2S. The first kappa shape index (κ1) is 11.6. The number of nitrogen functional groups attached to an aromatic ring is 1. The smallest absolute Gasteiger partial charge is 0.350 e. The minimum atomic E-state index is -0.458. The van der Waals surface area contributed by atoms with Gasteiger partial charge in [0.2, 0.25) is 0 Å². The first-order chi connectivity index (χ1) is 8.13. The first-order valence-electron chi connectivity index (χ1n) is 4.84. The minimum absolute atomic E-state index is 0.309. The summed E-state index contributed by atoms with van der Waals surface area (Å²) in [6.07, 6.45) is 0. The molecular weight excluding hydrogens is 241 g/mol. The van der Waals surface area contributed by atoms with Gasteiger partial charge in [-0.2, -0.15) is 0 Å². The Morgan fingerprint density at radius 1 is 1.35 bits per heavy atom. The second-order valence-electron chi connectivity index (χ2n) is 3.39. The van der Waals surface area contributed by atoms with Gasteiger partial charge in [0.25, 0.3) is 0 Å². The summed E-state index contributed by atoms with van der Waals surface area (Å²) in [4.78, 5) is 11.7. The molecule has 1 aromatic carbocycles. The normalized spacial score (nSPS) is 10.2. The standard InChI is InChI=1S/C12H10FNO2S/c1-16-12(15)11-10(14)9(6-17-11)7-2-4-8(13)5-3-7/h2-6H,14H2,1H3. The number of nitrogens with two attached hydrogens (primary N) is 1. The van der Waals surface area contributed by atoms with E-state index >= 15 is 0 Å². The van der Waals surface area contributed by atoms with Gasteiger partial charge in [0.1, 0.15) is 10.7 Å². The molecule has 1 heterocycles. The lowest BCUT2D eigenvalue weighted by Crippen LogP contribution is -2.02. The summed E-state index contributed by atoms with van der Waals surface area (Å²) in [7, 11) is 1.30. The molecule has 2 aromatic rings. The number of anilines is 1. The molecule has 0 saturated heterocycles. The van der Waals surface area contributed by atoms with Crippen LogP contribution in [-0.4, -0.2) is 13.1 Å². The fraction of sp³-hybridized carbons (Fsp3) is 0.0833. The quantitative estimate of drug-likeness (QED) is 0.835. The summed E-state index contributed by atoms with van der Waals surface area (Å²) in [6, 6.07) is 5.94. The Morgan fingerprint density at radius 2 is 2.00 bits per heavy atom. The van der Waals surface area contributed by atoms with Gasteiger partial charge < -0.3 is 10.5 Å². The van der Waals surface area contributed by atoms with Crippen molar-refractivity contribution in [2.45, 2.75) is 0 Å². The van der Waals surface area contributed by atoms with Gasteiger partial charge in [0.05, 0.1) is 12.8 Å². The van der Waals surface area contributed by atoms with Gasteiger partial charge in [0, 0.05) is 10.9 Å². The lowest BCUT2D eigenvalue weighted by atomic mass is 10.1. The predicted molar refractivity (Wildman–Crippen MR) is 65.5 cm³/mol. The molecule has 0 bridgehead atoms. The van der Waals surface area contributed by atoms with Crippen LogP contribution in [-0.2, 0) is 4.74 Å². The zero-order valence-electron chi connectivity index (χ0n) is 9.07. The molecule has 0 aliphatic carbocycles. The molecule has 3 nitrogen and oxygen atoms in total. The van der Waals surface area contributed by atoms with Gasteiger partial charge in [-0.15, -0.1) is 11.3 Å².